The number of nitroso groups, excluding NO2 is 1. The molecule has 0 saturated heterocycles. The van der Waals surface area contributed by atoms with E-state index in [-0.39, 0.29) is 0 Å². The van der Waals surface area contributed by atoms with Crippen LogP contribution in [0.4, 0.5) is 5.69 Å². The summed E-state index contributed by atoms with van der Waals surface area (Å²) in [6, 6.07) is 11.0. The van der Waals surface area contributed by atoms with Crippen LogP contribution in [0.15, 0.2) is 41.9 Å². The number of fused-ring (bicyclic) bond motifs is 1. The van der Waals surface area contributed by atoms with Crippen LogP contribution < -0.4 is 10.6 Å². The summed E-state index contributed by atoms with van der Waals surface area (Å²) in [5.41, 5.74) is 4.95. The molecule has 0 aliphatic heterocycles. The maximum atomic E-state index is 11.2. The number of aromatic nitrogens is 1. The predicted molar refractivity (Wildman–Crippen MR) is 79.1 cm³/mol. The topological polar surface area (TPSA) is 68.2 Å². The molecule has 0 unspecified atom stereocenters. The second kappa shape index (κ2) is 4.90. The summed E-state index contributed by atoms with van der Waals surface area (Å²) in [6.07, 6.45) is 0. The molecule has 0 aliphatic carbocycles. The minimum atomic E-state index is 0.358. The number of rotatable bonds is 3. The highest BCUT2D eigenvalue weighted by Gasteiger charge is 2.14. The maximum absolute atomic E-state index is 11.2. The standard InChI is InChI=1S/C14H12N3O2S/c1-19-12-6-5-11(14-13(12)16-8-20-14)9-3-2-4-10(7-9)17(15)18/h2-8H,1H3,(H2,15,18)/q+1. The predicted octanol–water partition coefficient (Wildman–Crippen LogP) is 3.26. The summed E-state index contributed by atoms with van der Waals surface area (Å²) < 4.78 is 6.33. The number of ether oxygens (including phenoxy) is 1. The SMILES string of the molecule is COc1ccc(-c2cccc([N+](N)=O)c2)c2scnc12. The van der Waals surface area contributed by atoms with Gasteiger partial charge in [0.2, 0.25) is 0 Å². The van der Waals surface area contributed by atoms with Gasteiger partial charge >= 0.3 is 0 Å². The lowest BCUT2D eigenvalue weighted by Crippen LogP contribution is -2.08. The molecule has 5 nitrogen and oxygen atoms in total. The van der Waals surface area contributed by atoms with Crippen molar-refractivity contribution in [3.8, 4) is 16.9 Å². The first-order valence-corrected chi connectivity index (χ1v) is 6.81. The second-order valence-electron chi connectivity index (χ2n) is 4.22. The van der Waals surface area contributed by atoms with Gasteiger partial charge in [0.15, 0.2) is 4.87 Å². The molecule has 3 rings (SSSR count). The zero-order chi connectivity index (χ0) is 14.1. The first-order chi connectivity index (χ1) is 9.70. The van der Waals surface area contributed by atoms with Crippen molar-refractivity contribution >= 4 is 27.2 Å². The molecule has 6 heteroatoms. The van der Waals surface area contributed by atoms with E-state index in [1.807, 2.05) is 18.2 Å². The van der Waals surface area contributed by atoms with Crippen molar-refractivity contribution in [1.29, 1.82) is 0 Å². The first-order valence-electron chi connectivity index (χ1n) is 5.93. The lowest BCUT2D eigenvalue weighted by Gasteiger charge is -2.06. The summed E-state index contributed by atoms with van der Waals surface area (Å²) in [5.74, 6) is 5.99. The quantitative estimate of drug-likeness (QED) is 0.456. The van der Waals surface area contributed by atoms with Crippen molar-refractivity contribution in [3.63, 3.8) is 0 Å². The number of hydrogen-bond donors (Lipinski definition) is 1. The lowest BCUT2D eigenvalue weighted by molar-refractivity contribution is -0.474. The molecule has 3 aromatic rings. The van der Waals surface area contributed by atoms with Gasteiger partial charge in [-0.05, 0) is 17.7 Å². The van der Waals surface area contributed by atoms with Crippen molar-refractivity contribution in [2.45, 2.75) is 0 Å². The van der Waals surface area contributed by atoms with E-state index in [0.717, 1.165) is 27.1 Å². The van der Waals surface area contributed by atoms with Gasteiger partial charge in [-0.3, -0.25) is 0 Å². The van der Waals surface area contributed by atoms with Crippen LogP contribution in [-0.4, -0.2) is 17.0 Å². The van der Waals surface area contributed by atoms with Crippen LogP contribution in [0, 0.1) is 4.91 Å². The average molecular weight is 286 g/mol. The fourth-order valence-electron chi connectivity index (χ4n) is 2.13. The van der Waals surface area contributed by atoms with Gasteiger partial charge in [0.25, 0.3) is 5.69 Å². The molecule has 0 radical (unpaired) electrons. The Kier molecular flexibility index (Phi) is 3.08. The number of thiazole rings is 1. The van der Waals surface area contributed by atoms with Gasteiger partial charge in [-0.2, -0.15) is 5.84 Å². The highest BCUT2D eigenvalue weighted by molar-refractivity contribution is 7.17. The summed E-state index contributed by atoms with van der Waals surface area (Å²) in [5, 5.41) is 0. The monoisotopic (exact) mass is 286 g/mol. The smallest absolute Gasteiger partial charge is 0.292 e. The number of nitrogens with two attached hydrogens (primary N) is 1. The zero-order valence-corrected chi connectivity index (χ0v) is 11.6. The number of nitrogens with zero attached hydrogens (tertiary/aromatic N) is 2. The molecule has 2 aromatic carbocycles. The molecule has 0 bridgehead atoms. The highest BCUT2D eigenvalue weighted by atomic mass is 32.1. The van der Waals surface area contributed by atoms with Crippen LogP contribution in [0.25, 0.3) is 21.3 Å². The van der Waals surface area contributed by atoms with E-state index in [9.17, 15) is 4.91 Å². The van der Waals surface area contributed by atoms with Gasteiger partial charge in [-0.25, -0.2) is 4.98 Å². The first kappa shape index (κ1) is 12.6. The van der Waals surface area contributed by atoms with Crippen LogP contribution >= 0.6 is 11.3 Å². The van der Waals surface area contributed by atoms with Gasteiger partial charge in [0.05, 0.1) is 22.2 Å². The van der Waals surface area contributed by atoms with E-state index in [1.54, 1.807) is 30.8 Å². The van der Waals surface area contributed by atoms with Gasteiger partial charge in [0.1, 0.15) is 11.3 Å². The van der Waals surface area contributed by atoms with E-state index in [1.165, 1.54) is 11.3 Å². The molecule has 0 fully saturated rings. The van der Waals surface area contributed by atoms with Crippen molar-refractivity contribution in [1.82, 2.24) is 4.98 Å². The summed E-state index contributed by atoms with van der Waals surface area (Å²) >= 11 is 1.54. The maximum Gasteiger partial charge on any atom is 0.292 e. The Labute approximate surface area is 119 Å². The molecule has 0 atom stereocenters. The third-order valence-corrected chi connectivity index (χ3v) is 3.94. The third kappa shape index (κ3) is 2.00. The van der Waals surface area contributed by atoms with Crippen molar-refractivity contribution < 1.29 is 9.61 Å². The normalized spacial score (nSPS) is 10.7. The largest absolute Gasteiger partial charge is 0.494 e. The molecule has 1 aromatic heterocycles. The number of hydrogen-bond acceptors (Lipinski definition) is 4. The van der Waals surface area contributed by atoms with E-state index in [0.29, 0.717) is 10.6 Å². The Balaban J connectivity index is 2.22. The Morgan fingerprint density at radius 3 is 2.90 bits per heavy atom. The minimum Gasteiger partial charge on any atom is -0.494 e. The number of methoxy groups -OCH3 is 1. The van der Waals surface area contributed by atoms with Crippen LogP contribution in [0.2, 0.25) is 0 Å². The zero-order valence-electron chi connectivity index (χ0n) is 10.7. The highest BCUT2D eigenvalue weighted by Crippen LogP contribution is 2.36. The summed E-state index contributed by atoms with van der Waals surface area (Å²) in [6.45, 7) is 0. The summed E-state index contributed by atoms with van der Waals surface area (Å²) in [4.78, 5) is 15.9. The van der Waals surface area contributed by atoms with Crippen molar-refractivity contribution in [2.24, 2.45) is 5.84 Å². The summed E-state index contributed by atoms with van der Waals surface area (Å²) in [7, 11) is 1.62. The minimum absolute atomic E-state index is 0.358. The third-order valence-electron chi connectivity index (χ3n) is 3.08. The number of hydrazine groups is 1. The molecular formula is C14H12N3O2S+. The second-order valence-corrected chi connectivity index (χ2v) is 5.08. The van der Waals surface area contributed by atoms with Gasteiger partial charge in [-0.1, -0.05) is 12.1 Å². The van der Waals surface area contributed by atoms with Gasteiger partial charge in [0, 0.05) is 17.7 Å². The lowest BCUT2D eigenvalue weighted by atomic mass is 10.0. The molecule has 100 valence electrons. The average Bonchev–Trinajstić information content (AvgIpc) is 2.95. The van der Waals surface area contributed by atoms with Gasteiger partial charge in [-0.15, -0.1) is 11.3 Å². The van der Waals surface area contributed by atoms with Crippen LogP contribution in [0.5, 0.6) is 5.75 Å². The van der Waals surface area contributed by atoms with E-state index >= 15 is 0 Å². The molecule has 0 amide bonds. The molecular weight excluding hydrogens is 274 g/mol. The molecule has 0 saturated carbocycles. The van der Waals surface area contributed by atoms with E-state index in [2.05, 4.69) is 4.98 Å². The van der Waals surface area contributed by atoms with Crippen LogP contribution in [0.3, 0.4) is 0 Å². The molecule has 20 heavy (non-hydrogen) atoms. The van der Waals surface area contributed by atoms with E-state index < -0.39 is 0 Å². The Bertz CT molecular complexity index is 798. The fraction of sp³-hybridized carbons (Fsp3) is 0.0714. The fourth-order valence-corrected chi connectivity index (χ4v) is 2.97. The number of benzene rings is 2. The van der Waals surface area contributed by atoms with Crippen molar-refractivity contribution in [3.05, 3.63) is 46.8 Å². The van der Waals surface area contributed by atoms with Crippen LogP contribution in [-0.2, 0) is 0 Å². The molecule has 2 N–H and O–H groups in total. The molecule has 0 aliphatic rings. The molecule has 0 spiro atoms. The van der Waals surface area contributed by atoms with Crippen LogP contribution in [0.1, 0.15) is 0 Å². The molecule has 1 heterocycles. The van der Waals surface area contributed by atoms with E-state index in [4.69, 9.17) is 10.6 Å². The van der Waals surface area contributed by atoms with Gasteiger partial charge < -0.3 is 4.74 Å². The Morgan fingerprint density at radius 2 is 2.15 bits per heavy atom. The Hall–Kier alpha value is -2.47. The van der Waals surface area contributed by atoms with Crippen molar-refractivity contribution in [2.75, 3.05) is 7.11 Å². The Morgan fingerprint density at radius 1 is 1.30 bits per heavy atom.